The third-order valence-electron chi connectivity index (χ3n) is 5.13. The number of pyridine rings is 2. The standard InChI is InChI=1S/C24H24N4O2/c1-16-8-7-9-17-14-19-22(26-21(16)17)20(23(29)25-12-13-27(2)3)15-28(24(19)30)18-10-5-4-6-11-18/h4-11,14-15H,12-13H2,1-3H3,(H,25,29). The van der Waals surface area contributed by atoms with E-state index in [4.69, 9.17) is 4.98 Å². The molecule has 0 aliphatic rings. The van der Waals surface area contributed by atoms with E-state index < -0.39 is 0 Å². The number of carbonyl (C=O) groups excluding carboxylic acids is 1. The van der Waals surface area contributed by atoms with Crippen molar-refractivity contribution in [2.24, 2.45) is 0 Å². The Hall–Kier alpha value is -3.51. The van der Waals surface area contributed by atoms with Crippen LogP contribution in [0.4, 0.5) is 0 Å². The van der Waals surface area contributed by atoms with E-state index in [9.17, 15) is 9.59 Å². The molecule has 4 rings (SSSR count). The smallest absolute Gasteiger partial charge is 0.264 e. The number of nitrogens with one attached hydrogen (secondary N) is 1. The average Bonchev–Trinajstić information content (AvgIpc) is 2.74. The van der Waals surface area contributed by atoms with Gasteiger partial charge in [0.15, 0.2) is 0 Å². The van der Waals surface area contributed by atoms with Crippen molar-refractivity contribution in [3.63, 3.8) is 0 Å². The second-order valence-electron chi connectivity index (χ2n) is 7.64. The zero-order valence-electron chi connectivity index (χ0n) is 17.3. The number of hydrogen-bond acceptors (Lipinski definition) is 4. The van der Waals surface area contributed by atoms with Gasteiger partial charge >= 0.3 is 0 Å². The number of hydrogen-bond donors (Lipinski definition) is 1. The highest BCUT2D eigenvalue weighted by Gasteiger charge is 2.18. The van der Waals surface area contributed by atoms with E-state index in [1.165, 1.54) is 4.57 Å². The van der Waals surface area contributed by atoms with Crippen molar-refractivity contribution >= 4 is 27.7 Å². The maximum Gasteiger partial charge on any atom is 0.264 e. The van der Waals surface area contributed by atoms with E-state index in [0.29, 0.717) is 28.7 Å². The Kier molecular flexibility index (Phi) is 5.33. The second kappa shape index (κ2) is 8.08. The number of amides is 1. The molecule has 0 spiro atoms. The largest absolute Gasteiger partial charge is 0.351 e. The average molecular weight is 400 g/mol. The van der Waals surface area contributed by atoms with E-state index in [0.717, 1.165) is 23.0 Å². The molecule has 2 aromatic heterocycles. The molecule has 1 amide bonds. The fourth-order valence-corrected chi connectivity index (χ4v) is 3.53. The molecule has 0 saturated carbocycles. The zero-order valence-corrected chi connectivity index (χ0v) is 17.3. The van der Waals surface area contributed by atoms with E-state index in [-0.39, 0.29) is 11.5 Å². The van der Waals surface area contributed by atoms with Crippen molar-refractivity contribution in [3.05, 3.63) is 82.3 Å². The molecule has 0 atom stereocenters. The lowest BCUT2D eigenvalue weighted by molar-refractivity contribution is 0.0952. The number of carbonyl (C=O) groups is 1. The van der Waals surface area contributed by atoms with Gasteiger partial charge in [-0.15, -0.1) is 0 Å². The van der Waals surface area contributed by atoms with Gasteiger partial charge in [0, 0.05) is 30.4 Å². The first kappa shape index (κ1) is 19.8. The van der Waals surface area contributed by atoms with Gasteiger partial charge in [-0.2, -0.15) is 0 Å². The van der Waals surface area contributed by atoms with Gasteiger partial charge < -0.3 is 10.2 Å². The van der Waals surface area contributed by atoms with Gasteiger partial charge in [-0.05, 0) is 44.8 Å². The maximum absolute atomic E-state index is 13.3. The first-order valence-electron chi connectivity index (χ1n) is 9.90. The summed E-state index contributed by atoms with van der Waals surface area (Å²) in [5.41, 5.74) is 3.12. The monoisotopic (exact) mass is 400 g/mol. The van der Waals surface area contributed by atoms with Crippen LogP contribution in [-0.4, -0.2) is 47.5 Å². The molecule has 0 unspecified atom stereocenters. The summed E-state index contributed by atoms with van der Waals surface area (Å²) in [6.07, 6.45) is 1.60. The molecule has 1 N–H and O–H groups in total. The summed E-state index contributed by atoms with van der Waals surface area (Å²) in [6, 6.07) is 17.0. The summed E-state index contributed by atoms with van der Waals surface area (Å²) in [5, 5.41) is 4.25. The molecule has 4 aromatic rings. The molecule has 0 saturated heterocycles. The van der Waals surface area contributed by atoms with Gasteiger partial charge in [0.05, 0.1) is 22.0 Å². The predicted octanol–water partition coefficient (Wildman–Crippen LogP) is 3.14. The summed E-state index contributed by atoms with van der Waals surface area (Å²) < 4.78 is 1.52. The third kappa shape index (κ3) is 3.69. The first-order valence-corrected chi connectivity index (χ1v) is 9.90. The fraction of sp³-hybridized carbons (Fsp3) is 0.208. The van der Waals surface area contributed by atoms with Crippen molar-refractivity contribution in [1.29, 1.82) is 0 Å². The minimum Gasteiger partial charge on any atom is -0.351 e. The molecule has 0 aliphatic heterocycles. The topological polar surface area (TPSA) is 67.2 Å². The lowest BCUT2D eigenvalue weighted by Gasteiger charge is -2.14. The van der Waals surface area contributed by atoms with Crippen LogP contribution < -0.4 is 10.9 Å². The number of aryl methyl sites for hydroxylation is 1. The maximum atomic E-state index is 13.3. The normalized spacial score (nSPS) is 11.3. The molecular weight excluding hydrogens is 376 g/mol. The highest BCUT2D eigenvalue weighted by Crippen LogP contribution is 2.23. The Bertz CT molecular complexity index is 1290. The zero-order chi connectivity index (χ0) is 21.3. The van der Waals surface area contributed by atoms with Crippen LogP contribution in [0.25, 0.3) is 27.5 Å². The number of nitrogens with zero attached hydrogens (tertiary/aromatic N) is 3. The van der Waals surface area contributed by atoms with Crippen LogP contribution in [0.15, 0.2) is 65.6 Å². The van der Waals surface area contributed by atoms with Gasteiger partial charge in [-0.3, -0.25) is 14.2 Å². The molecular formula is C24H24N4O2. The van der Waals surface area contributed by atoms with Crippen molar-refractivity contribution in [2.45, 2.75) is 6.92 Å². The fourth-order valence-electron chi connectivity index (χ4n) is 3.53. The predicted molar refractivity (Wildman–Crippen MR) is 120 cm³/mol. The van der Waals surface area contributed by atoms with E-state index in [2.05, 4.69) is 5.32 Å². The van der Waals surface area contributed by atoms with Crippen LogP contribution in [0, 0.1) is 6.92 Å². The van der Waals surface area contributed by atoms with Crippen molar-refractivity contribution in [2.75, 3.05) is 27.2 Å². The van der Waals surface area contributed by atoms with Crippen LogP contribution in [0.5, 0.6) is 0 Å². The number of aromatic nitrogens is 2. The Morgan fingerprint density at radius 1 is 1.07 bits per heavy atom. The summed E-state index contributed by atoms with van der Waals surface area (Å²) in [7, 11) is 3.90. The molecule has 0 bridgehead atoms. The van der Waals surface area contributed by atoms with Crippen LogP contribution >= 0.6 is 0 Å². The molecule has 6 nitrogen and oxygen atoms in total. The van der Waals surface area contributed by atoms with Gasteiger partial charge in [0.1, 0.15) is 0 Å². The summed E-state index contributed by atoms with van der Waals surface area (Å²) in [6.45, 7) is 3.20. The van der Waals surface area contributed by atoms with E-state index in [1.807, 2.05) is 80.5 Å². The SMILES string of the molecule is Cc1cccc2cc3c(=O)n(-c4ccccc4)cc(C(=O)NCCN(C)C)c3nc12. The van der Waals surface area contributed by atoms with E-state index >= 15 is 0 Å². The lowest BCUT2D eigenvalue weighted by atomic mass is 10.1. The van der Waals surface area contributed by atoms with Gasteiger partial charge in [0.2, 0.25) is 0 Å². The molecule has 30 heavy (non-hydrogen) atoms. The number of para-hydroxylation sites is 2. The molecule has 0 fully saturated rings. The van der Waals surface area contributed by atoms with Crippen LogP contribution in [0.2, 0.25) is 0 Å². The number of benzene rings is 2. The van der Waals surface area contributed by atoms with Gasteiger partial charge in [0.25, 0.3) is 11.5 Å². The minimum atomic E-state index is -0.244. The van der Waals surface area contributed by atoms with Gasteiger partial charge in [-0.25, -0.2) is 4.98 Å². The second-order valence-corrected chi connectivity index (χ2v) is 7.64. The Balaban J connectivity index is 1.96. The van der Waals surface area contributed by atoms with Crippen molar-refractivity contribution < 1.29 is 4.79 Å². The van der Waals surface area contributed by atoms with Gasteiger partial charge in [-0.1, -0.05) is 36.4 Å². The summed E-state index contributed by atoms with van der Waals surface area (Å²) >= 11 is 0. The molecule has 2 heterocycles. The molecule has 0 radical (unpaired) electrons. The van der Waals surface area contributed by atoms with Crippen LogP contribution in [0.3, 0.4) is 0 Å². The lowest BCUT2D eigenvalue weighted by Crippen LogP contribution is -2.32. The number of fused-ring (bicyclic) bond motifs is 2. The first-order chi connectivity index (χ1) is 14.5. The minimum absolute atomic E-state index is 0.197. The Morgan fingerprint density at radius 3 is 2.57 bits per heavy atom. The highest BCUT2D eigenvalue weighted by atomic mass is 16.2. The van der Waals surface area contributed by atoms with Crippen molar-refractivity contribution in [1.82, 2.24) is 19.8 Å². The van der Waals surface area contributed by atoms with Crippen molar-refractivity contribution in [3.8, 4) is 5.69 Å². The molecule has 2 aromatic carbocycles. The number of rotatable bonds is 5. The van der Waals surface area contributed by atoms with Crippen LogP contribution in [0.1, 0.15) is 15.9 Å². The Morgan fingerprint density at radius 2 is 1.83 bits per heavy atom. The summed E-state index contributed by atoms with van der Waals surface area (Å²) in [5.74, 6) is -0.244. The highest BCUT2D eigenvalue weighted by molar-refractivity contribution is 6.07. The number of likely N-dealkylation sites (N-methyl/N-ethyl adjacent to an activating group) is 1. The van der Waals surface area contributed by atoms with E-state index in [1.54, 1.807) is 6.20 Å². The Labute approximate surface area is 174 Å². The van der Waals surface area contributed by atoms with Crippen LogP contribution in [-0.2, 0) is 0 Å². The summed E-state index contributed by atoms with van der Waals surface area (Å²) in [4.78, 5) is 33.1. The molecule has 152 valence electrons. The molecule has 0 aliphatic carbocycles. The molecule has 6 heteroatoms. The third-order valence-corrected chi connectivity index (χ3v) is 5.13. The quantitative estimate of drug-likeness (QED) is 0.523.